The molecule has 0 aliphatic heterocycles. The molecule has 8 nitrogen and oxygen atoms in total. The number of carbonyl (C=O) groups is 1. The van der Waals surface area contributed by atoms with Gasteiger partial charge in [-0.3, -0.25) is 10.1 Å². The molecule has 0 spiro atoms. The number of nitrogen functional groups attached to an aromatic ring is 1. The van der Waals surface area contributed by atoms with Crippen LogP contribution in [0.5, 0.6) is 0 Å². The van der Waals surface area contributed by atoms with Crippen molar-refractivity contribution in [1.82, 2.24) is 4.57 Å². The summed E-state index contributed by atoms with van der Waals surface area (Å²) in [5.41, 5.74) is 0.582. The Labute approximate surface area is 142 Å². The molecular weight excluding hydrogens is 364 g/mol. The molecule has 0 radical (unpaired) electrons. The van der Waals surface area contributed by atoms with Crippen LogP contribution in [0.25, 0.3) is 5.69 Å². The summed E-state index contributed by atoms with van der Waals surface area (Å²) in [5.74, 6) is -2.93. The number of methoxy groups -OCH3 is 1. The zero-order valence-corrected chi connectivity index (χ0v) is 12.8. The van der Waals surface area contributed by atoms with Gasteiger partial charge in [0, 0.05) is 18.3 Å². The third kappa shape index (κ3) is 3.02. The molecule has 0 saturated heterocycles. The largest absolute Gasteiger partial charge is 0.464 e. The molecule has 2 N–H and O–H groups in total. The Kier molecular flexibility index (Phi) is 4.57. The minimum absolute atomic E-state index is 0.00599. The number of nitriles is 1. The van der Waals surface area contributed by atoms with Crippen LogP contribution in [-0.4, -0.2) is 22.6 Å². The number of hydrogen-bond donors (Lipinski definition) is 1. The number of nitro benzene ring substituents is 1. The van der Waals surface area contributed by atoms with Crippen LogP contribution in [-0.2, 0) is 10.9 Å². The number of ether oxygens (including phenoxy) is 1. The quantitative estimate of drug-likeness (QED) is 0.382. The molecule has 2 aromatic rings. The van der Waals surface area contributed by atoms with Crippen molar-refractivity contribution >= 4 is 17.3 Å². The Morgan fingerprint density at radius 3 is 2.50 bits per heavy atom. The first-order chi connectivity index (χ1) is 12.0. The summed E-state index contributed by atoms with van der Waals surface area (Å²) < 4.78 is 57.4. The first kappa shape index (κ1) is 18.7. The lowest BCUT2D eigenvalue weighted by Gasteiger charge is -2.12. The van der Waals surface area contributed by atoms with Gasteiger partial charge in [-0.2, -0.15) is 18.4 Å². The number of hydrogen-bond acceptors (Lipinski definition) is 6. The minimum atomic E-state index is -5.17. The third-order valence-corrected chi connectivity index (χ3v) is 3.37. The lowest BCUT2D eigenvalue weighted by molar-refractivity contribution is -0.384. The molecular formula is C14H8F4N4O4. The highest BCUT2D eigenvalue weighted by molar-refractivity contribution is 5.96. The van der Waals surface area contributed by atoms with E-state index in [0.717, 1.165) is 13.3 Å². The number of anilines is 1. The molecule has 1 aromatic heterocycles. The lowest BCUT2D eigenvalue weighted by atomic mass is 10.1. The van der Waals surface area contributed by atoms with Gasteiger partial charge in [0.15, 0.2) is 5.69 Å². The van der Waals surface area contributed by atoms with Gasteiger partial charge in [-0.15, -0.1) is 0 Å². The summed E-state index contributed by atoms with van der Waals surface area (Å²) in [6.07, 6.45) is -4.32. The van der Waals surface area contributed by atoms with E-state index in [1.165, 1.54) is 0 Å². The SMILES string of the molecule is COC(=O)c1c(N)c(C#N)cn1-c1cc(F)c(C(F)(F)F)cc1[N+](=O)[O-]. The Bertz CT molecular complexity index is 959. The molecule has 26 heavy (non-hydrogen) atoms. The molecule has 2 rings (SSSR count). The fourth-order valence-corrected chi connectivity index (χ4v) is 2.21. The molecule has 0 fully saturated rings. The number of halogens is 4. The number of carbonyl (C=O) groups excluding carboxylic acids is 1. The minimum Gasteiger partial charge on any atom is -0.464 e. The molecule has 0 unspecified atom stereocenters. The van der Waals surface area contributed by atoms with Crippen LogP contribution >= 0.6 is 0 Å². The van der Waals surface area contributed by atoms with E-state index in [-0.39, 0.29) is 17.7 Å². The second-order valence-electron chi connectivity index (χ2n) is 4.85. The monoisotopic (exact) mass is 372 g/mol. The van der Waals surface area contributed by atoms with Gasteiger partial charge in [0.2, 0.25) is 0 Å². The Morgan fingerprint density at radius 1 is 1.42 bits per heavy atom. The van der Waals surface area contributed by atoms with E-state index in [4.69, 9.17) is 11.0 Å². The van der Waals surface area contributed by atoms with Gasteiger partial charge < -0.3 is 15.0 Å². The molecule has 0 atom stereocenters. The maximum absolute atomic E-state index is 13.9. The van der Waals surface area contributed by atoms with E-state index in [9.17, 15) is 32.5 Å². The van der Waals surface area contributed by atoms with Gasteiger partial charge >= 0.3 is 12.1 Å². The van der Waals surface area contributed by atoms with Crippen molar-refractivity contribution in [1.29, 1.82) is 5.26 Å². The summed E-state index contributed by atoms with van der Waals surface area (Å²) in [7, 11) is 0.951. The number of aromatic nitrogens is 1. The van der Waals surface area contributed by atoms with E-state index in [2.05, 4.69) is 4.74 Å². The van der Waals surface area contributed by atoms with E-state index in [0.29, 0.717) is 4.57 Å². The van der Waals surface area contributed by atoms with Crippen LogP contribution in [0.3, 0.4) is 0 Å². The first-order valence-corrected chi connectivity index (χ1v) is 6.57. The highest BCUT2D eigenvalue weighted by Gasteiger charge is 2.38. The van der Waals surface area contributed by atoms with E-state index < -0.39 is 51.2 Å². The average molecular weight is 372 g/mol. The number of benzene rings is 1. The van der Waals surface area contributed by atoms with Crippen LogP contribution in [0.4, 0.5) is 28.9 Å². The predicted octanol–water partition coefficient (Wildman–Crippen LogP) is 2.78. The summed E-state index contributed by atoms with van der Waals surface area (Å²) in [5, 5.41) is 20.2. The van der Waals surface area contributed by atoms with Gasteiger partial charge in [-0.25, -0.2) is 9.18 Å². The maximum atomic E-state index is 13.9. The second kappa shape index (κ2) is 6.36. The highest BCUT2D eigenvalue weighted by Crippen LogP contribution is 2.38. The smallest absolute Gasteiger partial charge is 0.419 e. The fraction of sp³-hybridized carbons (Fsp3) is 0.143. The standard InChI is InChI=1S/C14H8F4N4O4/c1-26-13(23)12-11(20)6(4-19)5-21(12)9-3-8(15)7(14(16,17)18)2-10(9)22(24)25/h2-3,5H,20H2,1H3. The Balaban J connectivity index is 2.89. The molecule has 136 valence electrons. The molecule has 12 heteroatoms. The number of nitro groups is 1. The number of alkyl halides is 3. The molecule has 0 saturated carbocycles. The zero-order chi connectivity index (χ0) is 19.8. The number of esters is 1. The molecule has 0 aliphatic rings. The van der Waals surface area contributed by atoms with Crippen LogP contribution < -0.4 is 5.73 Å². The molecule has 0 amide bonds. The molecule has 0 aliphatic carbocycles. The van der Waals surface area contributed by atoms with Crippen molar-refractivity contribution in [3.05, 3.63) is 51.1 Å². The van der Waals surface area contributed by atoms with E-state index in [1.54, 1.807) is 6.07 Å². The van der Waals surface area contributed by atoms with Crippen LogP contribution in [0.15, 0.2) is 18.3 Å². The predicted molar refractivity (Wildman–Crippen MR) is 77.9 cm³/mol. The normalized spacial score (nSPS) is 11.1. The number of nitrogens with zero attached hydrogens (tertiary/aromatic N) is 3. The maximum Gasteiger partial charge on any atom is 0.419 e. The summed E-state index contributed by atoms with van der Waals surface area (Å²) in [6.45, 7) is 0. The molecule has 0 bridgehead atoms. The molecule has 1 heterocycles. The summed E-state index contributed by atoms with van der Waals surface area (Å²) >= 11 is 0. The van der Waals surface area contributed by atoms with Crippen molar-refractivity contribution in [2.75, 3.05) is 12.8 Å². The lowest BCUT2D eigenvalue weighted by Crippen LogP contribution is -2.14. The fourth-order valence-electron chi connectivity index (χ4n) is 2.21. The van der Waals surface area contributed by atoms with Crippen molar-refractivity contribution in [3.63, 3.8) is 0 Å². The Hall–Kier alpha value is -3.62. The van der Waals surface area contributed by atoms with Crippen molar-refractivity contribution in [2.24, 2.45) is 0 Å². The van der Waals surface area contributed by atoms with E-state index >= 15 is 0 Å². The average Bonchev–Trinajstić information content (AvgIpc) is 2.88. The van der Waals surface area contributed by atoms with Crippen LogP contribution in [0.2, 0.25) is 0 Å². The zero-order valence-electron chi connectivity index (χ0n) is 12.8. The van der Waals surface area contributed by atoms with Crippen molar-refractivity contribution in [2.45, 2.75) is 6.18 Å². The third-order valence-electron chi connectivity index (χ3n) is 3.37. The number of rotatable bonds is 3. The molecule has 1 aromatic carbocycles. The second-order valence-corrected chi connectivity index (χ2v) is 4.85. The Morgan fingerprint density at radius 2 is 2.04 bits per heavy atom. The van der Waals surface area contributed by atoms with Crippen molar-refractivity contribution in [3.8, 4) is 11.8 Å². The van der Waals surface area contributed by atoms with Gasteiger partial charge in [0.05, 0.1) is 28.8 Å². The van der Waals surface area contributed by atoms with Gasteiger partial charge in [-0.05, 0) is 0 Å². The van der Waals surface area contributed by atoms with Crippen LogP contribution in [0, 0.1) is 27.3 Å². The van der Waals surface area contributed by atoms with E-state index in [1.807, 2.05) is 0 Å². The van der Waals surface area contributed by atoms with Gasteiger partial charge in [-0.1, -0.05) is 0 Å². The highest BCUT2D eigenvalue weighted by atomic mass is 19.4. The van der Waals surface area contributed by atoms with Crippen LogP contribution in [0.1, 0.15) is 21.6 Å². The number of nitrogens with two attached hydrogens (primary N) is 1. The van der Waals surface area contributed by atoms with Gasteiger partial charge in [0.1, 0.15) is 17.6 Å². The summed E-state index contributed by atoms with van der Waals surface area (Å²) in [6, 6.07) is 1.83. The van der Waals surface area contributed by atoms with Crippen molar-refractivity contribution < 1.29 is 32.0 Å². The first-order valence-electron chi connectivity index (χ1n) is 6.57. The topological polar surface area (TPSA) is 124 Å². The summed E-state index contributed by atoms with van der Waals surface area (Å²) in [4.78, 5) is 21.9. The van der Waals surface area contributed by atoms with Gasteiger partial charge in [0.25, 0.3) is 5.69 Å².